The largest absolute Gasteiger partial charge is 0.354 e. The number of anilines is 2. The Kier molecular flexibility index (Phi) is 5.68. The van der Waals surface area contributed by atoms with Crippen LogP contribution in [0.5, 0.6) is 0 Å². The van der Waals surface area contributed by atoms with Crippen molar-refractivity contribution in [3.63, 3.8) is 0 Å². The maximum Gasteiger partial charge on any atom is 0.258 e. The normalized spacial score (nSPS) is 10.7. The smallest absolute Gasteiger partial charge is 0.258 e. The van der Waals surface area contributed by atoms with Crippen LogP contribution < -0.4 is 10.6 Å². The second kappa shape index (κ2) is 7.72. The van der Waals surface area contributed by atoms with Crippen molar-refractivity contribution in [3.8, 4) is 0 Å². The minimum atomic E-state index is -0.198. The minimum absolute atomic E-state index is 0.198. The summed E-state index contributed by atoms with van der Waals surface area (Å²) < 4.78 is 0. The quantitative estimate of drug-likeness (QED) is 0.851. The van der Waals surface area contributed by atoms with E-state index in [1.54, 1.807) is 12.4 Å². The maximum atomic E-state index is 12.3. The number of aromatic nitrogens is 2. The van der Waals surface area contributed by atoms with Gasteiger partial charge >= 0.3 is 0 Å². The van der Waals surface area contributed by atoms with E-state index in [0.717, 1.165) is 29.8 Å². The molecule has 23 heavy (non-hydrogen) atoms. The van der Waals surface area contributed by atoms with E-state index in [0.29, 0.717) is 17.4 Å². The van der Waals surface area contributed by atoms with Gasteiger partial charge in [0.25, 0.3) is 5.91 Å². The van der Waals surface area contributed by atoms with E-state index in [1.807, 2.05) is 32.0 Å². The van der Waals surface area contributed by atoms with Crippen molar-refractivity contribution in [2.75, 3.05) is 17.2 Å². The third-order valence-electron chi connectivity index (χ3n) is 3.64. The number of aryl methyl sites for hydroxylation is 2. The number of carbonyl (C=O) groups is 1. The van der Waals surface area contributed by atoms with Crippen LogP contribution in [0.1, 0.15) is 41.8 Å². The molecule has 0 saturated carbocycles. The Morgan fingerprint density at radius 2 is 1.74 bits per heavy atom. The fourth-order valence-electron chi connectivity index (χ4n) is 2.21. The van der Waals surface area contributed by atoms with Gasteiger partial charge in [0.2, 0.25) is 5.95 Å². The number of para-hydroxylation sites is 1. The van der Waals surface area contributed by atoms with Gasteiger partial charge in [-0.1, -0.05) is 32.0 Å². The summed E-state index contributed by atoms with van der Waals surface area (Å²) >= 11 is 0. The number of hydrogen-bond acceptors (Lipinski definition) is 4. The fourth-order valence-corrected chi connectivity index (χ4v) is 2.21. The summed E-state index contributed by atoms with van der Waals surface area (Å²) in [4.78, 5) is 20.7. The Morgan fingerprint density at radius 1 is 1.13 bits per heavy atom. The predicted octanol–water partition coefficient (Wildman–Crippen LogP) is 3.80. The molecule has 1 aromatic heterocycles. The van der Waals surface area contributed by atoms with Gasteiger partial charge in [-0.2, -0.15) is 0 Å². The number of nitrogens with zero attached hydrogens (tertiary/aromatic N) is 2. The highest BCUT2D eigenvalue weighted by Gasteiger charge is 2.10. The van der Waals surface area contributed by atoms with Gasteiger partial charge in [-0.15, -0.1) is 0 Å². The van der Waals surface area contributed by atoms with Crippen molar-refractivity contribution in [3.05, 3.63) is 47.3 Å². The summed E-state index contributed by atoms with van der Waals surface area (Å²) in [6, 6.07) is 5.92. The molecule has 2 N–H and O–H groups in total. The molecule has 0 fully saturated rings. The van der Waals surface area contributed by atoms with Crippen molar-refractivity contribution >= 4 is 17.5 Å². The Morgan fingerprint density at radius 3 is 2.30 bits per heavy atom. The summed E-state index contributed by atoms with van der Waals surface area (Å²) in [6.07, 6.45) is 4.15. The summed E-state index contributed by atoms with van der Waals surface area (Å²) in [5.41, 5.74) is 3.36. The Hall–Kier alpha value is -2.43. The molecule has 2 aromatic rings. The van der Waals surface area contributed by atoms with Crippen molar-refractivity contribution in [1.82, 2.24) is 9.97 Å². The Balaban J connectivity index is 2.00. The van der Waals surface area contributed by atoms with E-state index in [1.165, 1.54) is 0 Å². The molecule has 0 aliphatic carbocycles. The first-order valence-electron chi connectivity index (χ1n) is 7.91. The summed E-state index contributed by atoms with van der Waals surface area (Å²) in [7, 11) is 0. The van der Waals surface area contributed by atoms with Crippen LogP contribution >= 0.6 is 0 Å². The van der Waals surface area contributed by atoms with Gasteiger partial charge in [-0.25, -0.2) is 9.97 Å². The first kappa shape index (κ1) is 16.9. The molecule has 0 radical (unpaired) electrons. The molecule has 0 atom stereocenters. The van der Waals surface area contributed by atoms with Gasteiger partial charge < -0.3 is 10.6 Å². The van der Waals surface area contributed by atoms with Gasteiger partial charge in [0.15, 0.2) is 0 Å². The van der Waals surface area contributed by atoms with Gasteiger partial charge in [0, 0.05) is 24.6 Å². The lowest BCUT2D eigenvalue weighted by molar-refractivity contribution is 0.102. The molecule has 5 nitrogen and oxygen atoms in total. The van der Waals surface area contributed by atoms with E-state index in [-0.39, 0.29) is 5.91 Å². The molecule has 0 aliphatic heterocycles. The van der Waals surface area contributed by atoms with Crippen LogP contribution in [0.4, 0.5) is 11.6 Å². The molecule has 0 saturated heterocycles. The van der Waals surface area contributed by atoms with E-state index in [9.17, 15) is 4.79 Å². The van der Waals surface area contributed by atoms with Crippen LogP contribution in [0.15, 0.2) is 30.6 Å². The lowest BCUT2D eigenvalue weighted by Crippen LogP contribution is -2.15. The average Bonchev–Trinajstić information content (AvgIpc) is 2.51. The van der Waals surface area contributed by atoms with E-state index in [2.05, 4.69) is 34.4 Å². The van der Waals surface area contributed by atoms with Crippen LogP contribution in [0.2, 0.25) is 0 Å². The second-order valence-electron chi connectivity index (χ2n) is 6.13. The topological polar surface area (TPSA) is 66.9 Å². The molecule has 0 bridgehead atoms. The lowest BCUT2D eigenvalue weighted by atomic mass is 10.1. The monoisotopic (exact) mass is 312 g/mol. The zero-order valence-electron chi connectivity index (χ0n) is 14.2. The Bertz CT molecular complexity index is 645. The van der Waals surface area contributed by atoms with E-state index in [4.69, 9.17) is 0 Å². The molecule has 1 amide bonds. The molecule has 5 heteroatoms. The van der Waals surface area contributed by atoms with Crippen molar-refractivity contribution < 1.29 is 4.79 Å². The molecule has 0 unspecified atom stereocenters. The molecule has 0 aliphatic rings. The van der Waals surface area contributed by atoms with Crippen LogP contribution in [-0.4, -0.2) is 22.4 Å². The number of rotatable bonds is 6. The molecular formula is C18H24N4O. The standard InChI is InChI=1S/C18H24N4O/c1-12(2)8-9-19-18-20-10-15(11-21-18)17(23)22-16-13(3)6-5-7-14(16)4/h5-7,10-12H,8-9H2,1-4H3,(H,22,23)(H,19,20,21). The van der Waals surface area contributed by atoms with E-state index < -0.39 is 0 Å². The Labute approximate surface area is 137 Å². The minimum Gasteiger partial charge on any atom is -0.354 e. The van der Waals surface area contributed by atoms with E-state index >= 15 is 0 Å². The first-order valence-corrected chi connectivity index (χ1v) is 7.91. The molecule has 1 aromatic carbocycles. The third kappa shape index (κ3) is 4.77. The summed E-state index contributed by atoms with van der Waals surface area (Å²) in [5.74, 6) is 0.982. The molecule has 122 valence electrons. The van der Waals surface area contributed by atoms with Crippen molar-refractivity contribution in [1.29, 1.82) is 0 Å². The number of amides is 1. The lowest BCUT2D eigenvalue weighted by Gasteiger charge is -2.11. The molecular weight excluding hydrogens is 288 g/mol. The van der Waals surface area contributed by atoms with Gasteiger partial charge in [-0.3, -0.25) is 4.79 Å². The molecule has 2 rings (SSSR count). The van der Waals surface area contributed by atoms with Gasteiger partial charge in [0.1, 0.15) is 0 Å². The number of carbonyl (C=O) groups excluding carboxylic acids is 1. The first-order chi connectivity index (χ1) is 11.0. The SMILES string of the molecule is Cc1cccc(C)c1NC(=O)c1cnc(NCCC(C)C)nc1. The number of benzene rings is 1. The fraction of sp³-hybridized carbons (Fsp3) is 0.389. The number of hydrogen-bond donors (Lipinski definition) is 2. The summed E-state index contributed by atoms with van der Waals surface area (Å²) in [6.45, 7) is 9.11. The number of nitrogens with one attached hydrogen (secondary N) is 2. The van der Waals surface area contributed by atoms with Crippen molar-refractivity contribution in [2.45, 2.75) is 34.1 Å². The third-order valence-corrected chi connectivity index (χ3v) is 3.64. The van der Waals surface area contributed by atoms with Crippen LogP contribution in [0.3, 0.4) is 0 Å². The van der Waals surface area contributed by atoms with Gasteiger partial charge in [-0.05, 0) is 37.3 Å². The molecule has 1 heterocycles. The van der Waals surface area contributed by atoms with Gasteiger partial charge in [0.05, 0.1) is 5.56 Å². The van der Waals surface area contributed by atoms with Crippen LogP contribution in [0.25, 0.3) is 0 Å². The highest BCUT2D eigenvalue weighted by Crippen LogP contribution is 2.20. The second-order valence-corrected chi connectivity index (χ2v) is 6.13. The highest BCUT2D eigenvalue weighted by molar-refractivity contribution is 6.04. The van der Waals surface area contributed by atoms with Crippen LogP contribution in [0, 0.1) is 19.8 Å². The maximum absolute atomic E-state index is 12.3. The highest BCUT2D eigenvalue weighted by atomic mass is 16.1. The summed E-state index contributed by atoms with van der Waals surface area (Å²) in [5, 5.41) is 6.09. The van der Waals surface area contributed by atoms with Crippen LogP contribution in [-0.2, 0) is 0 Å². The van der Waals surface area contributed by atoms with Crippen molar-refractivity contribution in [2.24, 2.45) is 5.92 Å². The zero-order valence-corrected chi connectivity index (χ0v) is 14.2. The predicted molar refractivity (Wildman–Crippen MR) is 93.8 cm³/mol. The average molecular weight is 312 g/mol. The zero-order chi connectivity index (χ0) is 16.8. The molecule has 0 spiro atoms.